The molecule has 1 aromatic carbocycles. The predicted molar refractivity (Wildman–Crippen MR) is 75.8 cm³/mol. The van der Waals surface area contributed by atoms with Crippen molar-refractivity contribution in [2.24, 2.45) is 0 Å². The SMILES string of the molecule is CN1CC(=O)N(CC(=O)OCC(=O)Nc2ccccc2)C1=O. The Kier molecular flexibility index (Phi) is 4.72. The van der Waals surface area contributed by atoms with Crippen molar-refractivity contribution in [3.05, 3.63) is 30.3 Å². The molecule has 0 unspecified atom stereocenters. The van der Waals surface area contributed by atoms with Crippen LogP contribution in [0.5, 0.6) is 0 Å². The van der Waals surface area contributed by atoms with Crippen molar-refractivity contribution in [2.75, 3.05) is 32.1 Å². The van der Waals surface area contributed by atoms with Crippen LogP contribution < -0.4 is 5.32 Å². The van der Waals surface area contributed by atoms with E-state index in [4.69, 9.17) is 4.74 Å². The Morgan fingerprint density at radius 2 is 1.91 bits per heavy atom. The minimum absolute atomic E-state index is 0.0688. The van der Waals surface area contributed by atoms with Crippen LogP contribution in [0.4, 0.5) is 10.5 Å². The monoisotopic (exact) mass is 305 g/mol. The number of esters is 1. The van der Waals surface area contributed by atoms with Gasteiger partial charge in [-0.2, -0.15) is 0 Å². The molecule has 1 heterocycles. The number of hydrogen-bond acceptors (Lipinski definition) is 5. The van der Waals surface area contributed by atoms with Crippen LogP contribution in [-0.4, -0.2) is 60.4 Å². The summed E-state index contributed by atoms with van der Waals surface area (Å²) in [6.07, 6.45) is 0. The number of amides is 4. The summed E-state index contributed by atoms with van der Waals surface area (Å²) in [4.78, 5) is 48.2. The van der Waals surface area contributed by atoms with Crippen LogP contribution in [0.15, 0.2) is 30.3 Å². The van der Waals surface area contributed by atoms with Crippen LogP contribution in [0.1, 0.15) is 0 Å². The van der Waals surface area contributed by atoms with Crippen LogP contribution in [0.2, 0.25) is 0 Å². The van der Waals surface area contributed by atoms with Gasteiger partial charge in [-0.1, -0.05) is 18.2 Å². The molecule has 0 aliphatic carbocycles. The van der Waals surface area contributed by atoms with Crippen molar-refractivity contribution in [3.8, 4) is 0 Å². The van der Waals surface area contributed by atoms with E-state index in [1.54, 1.807) is 30.3 Å². The summed E-state index contributed by atoms with van der Waals surface area (Å²) in [5.74, 6) is -1.80. The molecule has 116 valence electrons. The van der Waals surface area contributed by atoms with Gasteiger partial charge in [-0.15, -0.1) is 0 Å². The van der Waals surface area contributed by atoms with E-state index in [0.717, 1.165) is 4.90 Å². The Morgan fingerprint density at radius 3 is 2.50 bits per heavy atom. The highest BCUT2D eigenvalue weighted by Gasteiger charge is 2.35. The Morgan fingerprint density at radius 1 is 1.23 bits per heavy atom. The fraction of sp³-hybridized carbons (Fsp3) is 0.286. The number of ether oxygens (including phenoxy) is 1. The molecule has 8 heteroatoms. The van der Waals surface area contributed by atoms with Crippen molar-refractivity contribution in [1.29, 1.82) is 0 Å². The van der Waals surface area contributed by atoms with Gasteiger partial charge in [0.15, 0.2) is 6.61 Å². The smallest absolute Gasteiger partial charge is 0.327 e. The zero-order valence-corrected chi connectivity index (χ0v) is 11.9. The molecule has 2 rings (SSSR count). The number of anilines is 1. The normalized spacial score (nSPS) is 14.2. The zero-order chi connectivity index (χ0) is 16.1. The lowest BCUT2D eigenvalue weighted by Gasteiger charge is -2.13. The van der Waals surface area contributed by atoms with Crippen LogP contribution in [0.3, 0.4) is 0 Å². The lowest BCUT2D eigenvalue weighted by molar-refractivity contribution is -0.149. The maximum Gasteiger partial charge on any atom is 0.327 e. The van der Waals surface area contributed by atoms with Gasteiger partial charge in [-0.05, 0) is 12.1 Å². The number of nitrogens with zero attached hydrogens (tertiary/aromatic N) is 2. The Labute approximate surface area is 126 Å². The van der Waals surface area contributed by atoms with Gasteiger partial charge in [0.1, 0.15) is 13.1 Å². The van der Waals surface area contributed by atoms with E-state index in [1.165, 1.54) is 11.9 Å². The van der Waals surface area contributed by atoms with Gasteiger partial charge in [0.2, 0.25) is 0 Å². The number of para-hydroxylation sites is 1. The maximum absolute atomic E-state index is 11.6. The average molecular weight is 305 g/mol. The second-order valence-corrected chi connectivity index (χ2v) is 4.69. The Bertz CT molecular complexity index is 602. The molecule has 22 heavy (non-hydrogen) atoms. The van der Waals surface area contributed by atoms with Crippen LogP contribution >= 0.6 is 0 Å². The van der Waals surface area contributed by atoms with Crippen molar-refractivity contribution < 1.29 is 23.9 Å². The van der Waals surface area contributed by atoms with Crippen LogP contribution in [0.25, 0.3) is 0 Å². The summed E-state index contributed by atoms with van der Waals surface area (Å²) in [7, 11) is 1.46. The highest BCUT2D eigenvalue weighted by atomic mass is 16.5. The number of hydrogen-bond donors (Lipinski definition) is 1. The third kappa shape index (κ3) is 3.81. The molecule has 0 atom stereocenters. The Balaban J connectivity index is 1.77. The van der Waals surface area contributed by atoms with Crippen molar-refractivity contribution >= 4 is 29.5 Å². The summed E-state index contributed by atoms with van der Waals surface area (Å²) in [6.45, 7) is -1.05. The third-order valence-corrected chi connectivity index (χ3v) is 2.94. The molecule has 1 aromatic rings. The summed E-state index contributed by atoms with van der Waals surface area (Å²) >= 11 is 0. The summed E-state index contributed by atoms with van der Waals surface area (Å²) in [5, 5.41) is 2.54. The standard InChI is InChI=1S/C14H15N3O5/c1-16-7-12(19)17(14(16)21)8-13(20)22-9-11(18)15-10-5-3-2-4-6-10/h2-6H,7-9H2,1H3,(H,15,18). The minimum atomic E-state index is -0.819. The minimum Gasteiger partial charge on any atom is -0.454 e. The van der Waals surface area contributed by atoms with Gasteiger partial charge in [0, 0.05) is 12.7 Å². The summed E-state index contributed by atoms with van der Waals surface area (Å²) < 4.78 is 4.75. The van der Waals surface area contributed by atoms with E-state index >= 15 is 0 Å². The summed E-state index contributed by atoms with van der Waals surface area (Å²) in [6, 6.07) is 8.13. The molecule has 0 bridgehead atoms. The van der Waals surface area contributed by atoms with Gasteiger partial charge in [0.25, 0.3) is 11.8 Å². The number of benzene rings is 1. The molecule has 4 amide bonds. The molecule has 0 saturated carbocycles. The van der Waals surface area contributed by atoms with Gasteiger partial charge in [-0.25, -0.2) is 4.79 Å². The van der Waals surface area contributed by atoms with Crippen molar-refractivity contribution in [2.45, 2.75) is 0 Å². The average Bonchev–Trinajstić information content (AvgIpc) is 2.73. The van der Waals surface area contributed by atoms with Crippen molar-refractivity contribution in [1.82, 2.24) is 9.80 Å². The second kappa shape index (κ2) is 6.70. The summed E-state index contributed by atoms with van der Waals surface area (Å²) in [5.41, 5.74) is 0.579. The van der Waals surface area contributed by atoms with Gasteiger partial charge >= 0.3 is 12.0 Å². The first kappa shape index (κ1) is 15.5. The lowest BCUT2D eigenvalue weighted by atomic mass is 10.3. The quantitative estimate of drug-likeness (QED) is 0.613. The molecule has 0 aromatic heterocycles. The zero-order valence-electron chi connectivity index (χ0n) is 11.9. The lowest BCUT2D eigenvalue weighted by Crippen LogP contribution is -2.37. The molecule has 0 radical (unpaired) electrons. The predicted octanol–water partition coefficient (Wildman–Crippen LogP) is 0.0623. The molecule has 1 aliphatic heterocycles. The molecule has 1 saturated heterocycles. The third-order valence-electron chi connectivity index (χ3n) is 2.94. The van der Waals surface area contributed by atoms with E-state index in [2.05, 4.69) is 5.32 Å². The largest absolute Gasteiger partial charge is 0.454 e. The number of urea groups is 1. The number of likely N-dealkylation sites (N-methyl/N-ethyl adjacent to an activating group) is 1. The number of carbonyl (C=O) groups is 4. The molecule has 1 N–H and O–H groups in total. The molecular formula is C14H15N3O5. The molecule has 1 aliphatic rings. The van der Waals surface area contributed by atoms with Crippen LogP contribution in [-0.2, 0) is 19.1 Å². The van der Waals surface area contributed by atoms with E-state index < -0.39 is 37.0 Å². The van der Waals surface area contributed by atoms with Gasteiger partial charge in [0.05, 0.1) is 0 Å². The Hall–Kier alpha value is -2.90. The van der Waals surface area contributed by atoms with Crippen molar-refractivity contribution in [3.63, 3.8) is 0 Å². The fourth-order valence-electron chi connectivity index (χ4n) is 1.86. The topological polar surface area (TPSA) is 96.0 Å². The van der Waals surface area contributed by atoms with E-state index in [-0.39, 0.29) is 6.54 Å². The molecular weight excluding hydrogens is 290 g/mol. The van der Waals surface area contributed by atoms with E-state index in [9.17, 15) is 19.2 Å². The second-order valence-electron chi connectivity index (χ2n) is 4.69. The van der Waals surface area contributed by atoms with E-state index in [0.29, 0.717) is 5.69 Å². The first-order valence-electron chi connectivity index (χ1n) is 6.53. The number of carbonyl (C=O) groups excluding carboxylic acids is 4. The first-order chi connectivity index (χ1) is 10.5. The number of nitrogens with one attached hydrogen (secondary N) is 1. The number of rotatable bonds is 5. The van der Waals surface area contributed by atoms with Gasteiger partial charge < -0.3 is 15.0 Å². The fourth-order valence-corrected chi connectivity index (χ4v) is 1.86. The first-order valence-corrected chi connectivity index (χ1v) is 6.53. The molecule has 8 nitrogen and oxygen atoms in total. The molecule has 0 spiro atoms. The highest BCUT2D eigenvalue weighted by molar-refractivity contribution is 6.04. The maximum atomic E-state index is 11.6. The van der Waals surface area contributed by atoms with Gasteiger partial charge in [-0.3, -0.25) is 19.3 Å². The molecule has 1 fully saturated rings. The highest BCUT2D eigenvalue weighted by Crippen LogP contribution is 2.08. The number of imide groups is 1. The van der Waals surface area contributed by atoms with E-state index in [1.807, 2.05) is 0 Å². The van der Waals surface area contributed by atoms with Crippen LogP contribution in [0, 0.1) is 0 Å².